The van der Waals surface area contributed by atoms with Gasteiger partial charge in [-0.2, -0.15) is 0 Å². The average molecular weight is 403 g/mol. The highest BCUT2D eigenvalue weighted by Gasteiger charge is 2.41. The van der Waals surface area contributed by atoms with E-state index >= 15 is 0 Å². The Balaban J connectivity index is 1.76. The van der Waals surface area contributed by atoms with Gasteiger partial charge in [0.05, 0.1) is 18.9 Å². The van der Waals surface area contributed by atoms with E-state index in [4.69, 9.17) is 4.74 Å². The SMILES string of the molecule is CC(C)(CN1CCOCC1)CN(Cc1ccccn1)C1CC(C)(C)NC(C)(C)C1. The van der Waals surface area contributed by atoms with Gasteiger partial charge < -0.3 is 10.1 Å². The lowest BCUT2D eigenvalue weighted by Gasteiger charge is -2.51. The third-order valence-electron chi connectivity index (χ3n) is 6.16. The predicted molar refractivity (Wildman–Crippen MR) is 120 cm³/mol. The highest BCUT2D eigenvalue weighted by molar-refractivity contribution is 5.06. The van der Waals surface area contributed by atoms with Gasteiger partial charge in [-0.3, -0.25) is 14.8 Å². The lowest BCUT2D eigenvalue weighted by atomic mass is 9.78. The van der Waals surface area contributed by atoms with Crippen molar-refractivity contribution in [3.8, 4) is 0 Å². The quantitative estimate of drug-likeness (QED) is 0.755. The molecular weight excluding hydrogens is 360 g/mol. The molecular formula is C24H42N4O. The Hall–Kier alpha value is -1.01. The summed E-state index contributed by atoms with van der Waals surface area (Å²) in [5.41, 5.74) is 1.67. The molecule has 3 rings (SSSR count). The lowest BCUT2D eigenvalue weighted by molar-refractivity contribution is -0.000598. The summed E-state index contributed by atoms with van der Waals surface area (Å²) in [7, 11) is 0. The van der Waals surface area contributed by atoms with Crippen LogP contribution in [0.2, 0.25) is 0 Å². The molecule has 2 aliphatic rings. The van der Waals surface area contributed by atoms with Crippen LogP contribution >= 0.6 is 0 Å². The standard InChI is InChI=1S/C24H42N4O/c1-22(2,18-27-11-13-29-14-12-27)19-28(17-20-9-7-8-10-25-20)21-15-23(3,4)26-24(5,6)16-21/h7-10,21,26H,11-19H2,1-6H3. The molecule has 0 atom stereocenters. The molecule has 5 nitrogen and oxygen atoms in total. The molecule has 2 saturated heterocycles. The van der Waals surface area contributed by atoms with Crippen molar-refractivity contribution in [1.29, 1.82) is 0 Å². The van der Waals surface area contributed by atoms with Gasteiger partial charge in [-0.15, -0.1) is 0 Å². The first kappa shape index (κ1) is 22.7. The van der Waals surface area contributed by atoms with E-state index in [0.29, 0.717) is 6.04 Å². The number of rotatable bonds is 7. The topological polar surface area (TPSA) is 40.6 Å². The zero-order valence-electron chi connectivity index (χ0n) is 19.5. The molecule has 2 aliphatic heterocycles. The Kier molecular flexibility index (Phi) is 7.04. The molecule has 1 N–H and O–H groups in total. The zero-order valence-corrected chi connectivity index (χ0v) is 19.5. The molecule has 0 aliphatic carbocycles. The van der Waals surface area contributed by atoms with Gasteiger partial charge in [-0.05, 0) is 58.1 Å². The molecule has 0 amide bonds. The van der Waals surface area contributed by atoms with Crippen LogP contribution in [0.15, 0.2) is 24.4 Å². The van der Waals surface area contributed by atoms with Crippen LogP contribution in [-0.4, -0.2) is 71.3 Å². The third kappa shape index (κ3) is 7.02. The second kappa shape index (κ2) is 9.01. The van der Waals surface area contributed by atoms with Gasteiger partial charge in [0.25, 0.3) is 0 Å². The summed E-state index contributed by atoms with van der Waals surface area (Å²) in [4.78, 5) is 9.93. The van der Waals surface area contributed by atoms with Crippen molar-refractivity contribution in [1.82, 2.24) is 20.1 Å². The van der Waals surface area contributed by atoms with Crippen LogP contribution in [0.1, 0.15) is 60.1 Å². The fourth-order valence-electron chi connectivity index (χ4n) is 5.50. The van der Waals surface area contributed by atoms with Gasteiger partial charge in [0.1, 0.15) is 0 Å². The summed E-state index contributed by atoms with van der Waals surface area (Å²) in [6.07, 6.45) is 4.25. The second-order valence-electron chi connectivity index (χ2n) is 11.2. The Morgan fingerprint density at radius 3 is 2.38 bits per heavy atom. The first-order valence-electron chi connectivity index (χ1n) is 11.3. The largest absolute Gasteiger partial charge is 0.379 e. The van der Waals surface area contributed by atoms with E-state index in [9.17, 15) is 0 Å². The molecule has 3 heterocycles. The van der Waals surface area contributed by atoms with Crippen molar-refractivity contribution in [3.63, 3.8) is 0 Å². The molecule has 5 heteroatoms. The van der Waals surface area contributed by atoms with E-state index in [1.165, 1.54) is 5.69 Å². The van der Waals surface area contributed by atoms with Crippen LogP contribution in [0.4, 0.5) is 0 Å². The molecule has 0 saturated carbocycles. The van der Waals surface area contributed by atoms with E-state index < -0.39 is 0 Å². The Morgan fingerprint density at radius 1 is 1.14 bits per heavy atom. The second-order valence-corrected chi connectivity index (χ2v) is 11.2. The molecule has 0 bridgehead atoms. The number of ether oxygens (including phenoxy) is 1. The van der Waals surface area contributed by atoms with Crippen LogP contribution in [0, 0.1) is 5.41 Å². The summed E-state index contributed by atoms with van der Waals surface area (Å²) in [5.74, 6) is 0. The molecule has 0 spiro atoms. The maximum absolute atomic E-state index is 5.55. The zero-order chi connectivity index (χ0) is 21.1. The average Bonchev–Trinajstić information content (AvgIpc) is 2.59. The monoisotopic (exact) mass is 402 g/mol. The minimum absolute atomic E-state index is 0.142. The van der Waals surface area contributed by atoms with Crippen molar-refractivity contribution in [3.05, 3.63) is 30.1 Å². The number of morpholine rings is 1. The van der Waals surface area contributed by atoms with E-state index in [1.807, 2.05) is 12.3 Å². The van der Waals surface area contributed by atoms with Gasteiger partial charge >= 0.3 is 0 Å². The summed E-state index contributed by atoms with van der Waals surface area (Å²) in [5, 5.41) is 3.84. The summed E-state index contributed by atoms with van der Waals surface area (Å²) in [6.45, 7) is 21.2. The van der Waals surface area contributed by atoms with Gasteiger partial charge in [-0.25, -0.2) is 0 Å². The molecule has 29 heavy (non-hydrogen) atoms. The molecule has 164 valence electrons. The Bertz CT molecular complexity index is 622. The number of aromatic nitrogens is 1. The predicted octanol–water partition coefficient (Wildman–Crippen LogP) is 3.55. The van der Waals surface area contributed by atoms with Gasteiger partial charge in [0.2, 0.25) is 0 Å². The number of nitrogens with one attached hydrogen (secondary N) is 1. The first-order valence-corrected chi connectivity index (χ1v) is 11.3. The molecule has 1 aromatic rings. The number of hydrogen-bond acceptors (Lipinski definition) is 5. The number of pyridine rings is 1. The highest BCUT2D eigenvalue weighted by atomic mass is 16.5. The molecule has 2 fully saturated rings. The first-order chi connectivity index (χ1) is 13.5. The fourth-order valence-corrected chi connectivity index (χ4v) is 5.50. The number of piperidine rings is 1. The summed E-state index contributed by atoms with van der Waals surface area (Å²) in [6, 6.07) is 6.83. The molecule has 0 radical (unpaired) electrons. The molecule has 0 aromatic carbocycles. The Morgan fingerprint density at radius 2 is 1.79 bits per heavy atom. The Labute approximate surface area is 178 Å². The third-order valence-corrected chi connectivity index (χ3v) is 6.16. The van der Waals surface area contributed by atoms with Crippen molar-refractivity contribution < 1.29 is 4.74 Å². The minimum Gasteiger partial charge on any atom is -0.379 e. The summed E-state index contributed by atoms with van der Waals surface area (Å²) >= 11 is 0. The molecule has 0 unspecified atom stereocenters. The normalized spacial score (nSPS) is 23.4. The van der Waals surface area contributed by atoms with E-state index in [0.717, 1.165) is 58.8 Å². The van der Waals surface area contributed by atoms with Gasteiger partial charge in [0.15, 0.2) is 0 Å². The summed E-state index contributed by atoms with van der Waals surface area (Å²) < 4.78 is 5.55. The fraction of sp³-hybridized carbons (Fsp3) is 0.792. The van der Waals surface area contributed by atoms with Gasteiger partial charge in [-0.1, -0.05) is 19.9 Å². The van der Waals surface area contributed by atoms with Crippen LogP contribution in [0.25, 0.3) is 0 Å². The van der Waals surface area contributed by atoms with Crippen LogP contribution in [0.3, 0.4) is 0 Å². The van der Waals surface area contributed by atoms with E-state index in [1.54, 1.807) is 0 Å². The van der Waals surface area contributed by atoms with Crippen molar-refractivity contribution >= 4 is 0 Å². The van der Waals surface area contributed by atoms with Crippen LogP contribution < -0.4 is 5.32 Å². The van der Waals surface area contributed by atoms with Crippen molar-refractivity contribution in [2.45, 2.75) is 78.0 Å². The van der Waals surface area contributed by atoms with Crippen LogP contribution in [0.5, 0.6) is 0 Å². The van der Waals surface area contributed by atoms with Crippen LogP contribution in [-0.2, 0) is 11.3 Å². The maximum atomic E-state index is 5.55. The maximum Gasteiger partial charge on any atom is 0.0594 e. The van der Waals surface area contributed by atoms with E-state index in [2.05, 4.69) is 73.8 Å². The lowest BCUT2D eigenvalue weighted by Crippen LogP contribution is -2.62. The van der Waals surface area contributed by atoms with Crippen molar-refractivity contribution in [2.24, 2.45) is 5.41 Å². The highest BCUT2D eigenvalue weighted by Crippen LogP contribution is 2.34. The number of nitrogens with zero attached hydrogens (tertiary/aromatic N) is 3. The van der Waals surface area contributed by atoms with Gasteiger partial charge in [0, 0.05) is 56.0 Å². The smallest absolute Gasteiger partial charge is 0.0594 e. The van der Waals surface area contributed by atoms with Crippen molar-refractivity contribution in [2.75, 3.05) is 39.4 Å². The minimum atomic E-state index is 0.142. The number of hydrogen-bond donors (Lipinski definition) is 1. The molecule has 1 aromatic heterocycles. The van der Waals surface area contributed by atoms with E-state index in [-0.39, 0.29) is 16.5 Å².